The van der Waals surface area contributed by atoms with Gasteiger partial charge in [-0.15, -0.1) is 0 Å². The second-order valence-electron chi connectivity index (χ2n) is 7.18. The fraction of sp³-hybridized carbons (Fsp3) is 0.364. The SMILES string of the molecule is Clc1ccc(C(=C2CCN(CC3CCNC=N3)CC2)c2ccccn2)cc1. The van der Waals surface area contributed by atoms with Gasteiger partial charge in [-0.25, -0.2) is 0 Å². The van der Waals surface area contributed by atoms with Crippen molar-refractivity contribution >= 4 is 23.5 Å². The number of aromatic nitrogens is 1. The first-order valence-corrected chi connectivity index (χ1v) is 10.0. The van der Waals surface area contributed by atoms with Crippen LogP contribution in [0.25, 0.3) is 5.57 Å². The summed E-state index contributed by atoms with van der Waals surface area (Å²) in [7, 11) is 0. The van der Waals surface area contributed by atoms with E-state index in [9.17, 15) is 0 Å². The van der Waals surface area contributed by atoms with E-state index >= 15 is 0 Å². The van der Waals surface area contributed by atoms with Gasteiger partial charge in [0.1, 0.15) is 0 Å². The summed E-state index contributed by atoms with van der Waals surface area (Å²) in [5.41, 5.74) is 5.00. The lowest BCUT2D eigenvalue weighted by Crippen LogP contribution is -2.39. The van der Waals surface area contributed by atoms with E-state index in [0.29, 0.717) is 6.04 Å². The molecule has 1 unspecified atom stereocenters. The van der Waals surface area contributed by atoms with Crippen molar-refractivity contribution in [2.24, 2.45) is 4.99 Å². The normalized spacial score (nSPS) is 20.3. The maximum atomic E-state index is 6.11. The molecule has 1 N–H and O–H groups in total. The summed E-state index contributed by atoms with van der Waals surface area (Å²) in [4.78, 5) is 11.8. The Hall–Kier alpha value is -2.17. The average Bonchev–Trinajstić information content (AvgIpc) is 2.73. The van der Waals surface area contributed by atoms with Gasteiger partial charge in [0.15, 0.2) is 0 Å². The maximum absolute atomic E-state index is 6.11. The molecule has 4 rings (SSSR count). The molecule has 0 radical (unpaired) electrons. The van der Waals surface area contributed by atoms with Crippen LogP contribution in [0.1, 0.15) is 30.5 Å². The minimum absolute atomic E-state index is 0.434. The minimum atomic E-state index is 0.434. The third-order valence-electron chi connectivity index (χ3n) is 5.33. The smallest absolute Gasteiger partial charge is 0.0827 e. The van der Waals surface area contributed by atoms with Crippen LogP contribution in [-0.4, -0.2) is 48.4 Å². The molecule has 4 nitrogen and oxygen atoms in total. The number of likely N-dealkylation sites (tertiary alicyclic amines) is 1. The maximum Gasteiger partial charge on any atom is 0.0827 e. The summed E-state index contributed by atoms with van der Waals surface area (Å²) in [5, 5.41) is 3.95. The first kappa shape index (κ1) is 18.2. The molecule has 2 aliphatic heterocycles. The van der Waals surface area contributed by atoms with Crippen molar-refractivity contribution < 1.29 is 0 Å². The predicted molar refractivity (Wildman–Crippen MR) is 112 cm³/mol. The molecule has 1 fully saturated rings. The van der Waals surface area contributed by atoms with E-state index in [-0.39, 0.29) is 0 Å². The summed E-state index contributed by atoms with van der Waals surface area (Å²) in [5.74, 6) is 0. The van der Waals surface area contributed by atoms with Crippen molar-refractivity contribution in [3.63, 3.8) is 0 Å². The number of hydrogen-bond acceptors (Lipinski definition) is 4. The predicted octanol–water partition coefficient (Wildman–Crippen LogP) is 4.02. The van der Waals surface area contributed by atoms with Crippen LogP contribution < -0.4 is 5.32 Å². The highest BCUT2D eigenvalue weighted by Crippen LogP contribution is 2.32. The molecule has 0 bridgehead atoms. The van der Waals surface area contributed by atoms with Crippen molar-refractivity contribution in [1.82, 2.24) is 15.2 Å². The van der Waals surface area contributed by atoms with Gasteiger partial charge in [-0.2, -0.15) is 0 Å². The first-order valence-electron chi connectivity index (χ1n) is 9.66. The number of benzene rings is 1. The van der Waals surface area contributed by atoms with Crippen molar-refractivity contribution in [3.8, 4) is 0 Å². The van der Waals surface area contributed by atoms with Crippen LogP contribution in [0.15, 0.2) is 59.2 Å². The summed E-state index contributed by atoms with van der Waals surface area (Å²) >= 11 is 6.11. The Morgan fingerprint density at radius 2 is 1.93 bits per heavy atom. The van der Waals surface area contributed by atoms with Gasteiger partial charge in [0, 0.05) is 43.0 Å². The third-order valence-corrected chi connectivity index (χ3v) is 5.59. The number of halogens is 1. The first-order chi connectivity index (χ1) is 13.3. The van der Waals surface area contributed by atoms with Crippen LogP contribution in [-0.2, 0) is 0 Å². The van der Waals surface area contributed by atoms with E-state index in [0.717, 1.165) is 56.2 Å². The number of nitrogens with zero attached hydrogens (tertiary/aromatic N) is 3. The molecule has 5 heteroatoms. The van der Waals surface area contributed by atoms with Crippen LogP contribution in [0.5, 0.6) is 0 Å². The molecular formula is C22H25ClN4. The van der Waals surface area contributed by atoms with E-state index < -0.39 is 0 Å². The van der Waals surface area contributed by atoms with E-state index in [4.69, 9.17) is 11.6 Å². The quantitative estimate of drug-likeness (QED) is 0.870. The molecule has 1 saturated heterocycles. The molecule has 0 aliphatic carbocycles. The Morgan fingerprint density at radius 3 is 2.59 bits per heavy atom. The van der Waals surface area contributed by atoms with Gasteiger partial charge in [0.2, 0.25) is 0 Å². The molecule has 1 aromatic heterocycles. The van der Waals surface area contributed by atoms with Gasteiger partial charge in [0.25, 0.3) is 0 Å². The Labute approximate surface area is 166 Å². The average molecular weight is 381 g/mol. The number of nitrogens with one attached hydrogen (secondary N) is 1. The highest BCUT2D eigenvalue weighted by Gasteiger charge is 2.22. The van der Waals surface area contributed by atoms with Gasteiger partial charge >= 0.3 is 0 Å². The minimum Gasteiger partial charge on any atom is -0.376 e. The van der Waals surface area contributed by atoms with Crippen molar-refractivity contribution in [2.45, 2.75) is 25.3 Å². The fourth-order valence-electron chi connectivity index (χ4n) is 3.90. The highest BCUT2D eigenvalue weighted by atomic mass is 35.5. The number of rotatable bonds is 4. The van der Waals surface area contributed by atoms with Crippen molar-refractivity contribution in [2.75, 3.05) is 26.2 Å². The van der Waals surface area contributed by atoms with Crippen LogP contribution in [0.2, 0.25) is 5.02 Å². The van der Waals surface area contributed by atoms with E-state index in [1.807, 2.05) is 30.7 Å². The molecule has 0 amide bonds. The fourth-order valence-corrected chi connectivity index (χ4v) is 4.03. The molecule has 27 heavy (non-hydrogen) atoms. The van der Waals surface area contributed by atoms with Crippen LogP contribution >= 0.6 is 11.6 Å². The monoisotopic (exact) mass is 380 g/mol. The van der Waals surface area contributed by atoms with Crippen LogP contribution in [0.4, 0.5) is 0 Å². The lowest BCUT2D eigenvalue weighted by atomic mass is 9.90. The number of aliphatic imine (C=N–C) groups is 1. The molecule has 1 atom stereocenters. The second-order valence-corrected chi connectivity index (χ2v) is 7.61. The molecule has 1 aromatic carbocycles. The van der Waals surface area contributed by atoms with Gasteiger partial charge in [-0.3, -0.25) is 9.98 Å². The van der Waals surface area contributed by atoms with Crippen LogP contribution in [0, 0.1) is 0 Å². The topological polar surface area (TPSA) is 40.5 Å². The second kappa shape index (κ2) is 8.68. The zero-order valence-corrected chi connectivity index (χ0v) is 16.2. The Bertz CT molecular complexity index is 804. The molecule has 140 valence electrons. The van der Waals surface area contributed by atoms with E-state index in [1.54, 1.807) is 0 Å². The molecule has 3 heterocycles. The van der Waals surface area contributed by atoms with E-state index in [1.165, 1.54) is 16.7 Å². The summed E-state index contributed by atoms with van der Waals surface area (Å²) in [6.45, 7) is 4.26. The lowest BCUT2D eigenvalue weighted by molar-refractivity contribution is 0.237. The molecule has 2 aromatic rings. The lowest BCUT2D eigenvalue weighted by Gasteiger charge is -2.32. The molecule has 0 saturated carbocycles. The summed E-state index contributed by atoms with van der Waals surface area (Å²) in [6.07, 6.45) is 7.01. The summed E-state index contributed by atoms with van der Waals surface area (Å²) in [6, 6.07) is 14.7. The van der Waals surface area contributed by atoms with Gasteiger partial charge in [0.05, 0.1) is 18.1 Å². The Morgan fingerprint density at radius 1 is 1.11 bits per heavy atom. The van der Waals surface area contributed by atoms with Crippen LogP contribution in [0.3, 0.4) is 0 Å². The highest BCUT2D eigenvalue weighted by molar-refractivity contribution is 6.30. The summed E-state index contributed by atoms with van der Waals surface area (Å²) < 4.78 is 0. The van der Waals surface area contributed by atoms with Gasteiger partial charge < -0.3 is 10.2 Å². The molecule has 0 spiro atoms. The molecular weight excluding hydrogens is 356 g/mol. The Kier molecular flexibility index (Phi) is 5.85. The number of piperidine rings is 1. The van der Waals surface area contributed by atoms with Gasteiger partial charge in [-0.05, 0) is 49.1 Å². The zero-order chi connectivity index (χ0) is 18.5. The van der Waals surface area contributed by atoms with Crippen molar-refractivity contribution in [3.05, 3.63) is 70.5 Å². The van der Waals surface area contributed by atoms with Gasteiger partial charge in [-0.1, -0.05) is 35.4 Å². The number of pyridine rings is 1. The van der Waals surface area contributed by atoms with E-state index in [2.05, 4.69) is 44.5 Å². The third kappa shape index (κ3) is 4.57. The standard InChI is InChI=1S/C22H25ClN4/c23-19-6-4-17(5-7-19)22(21-3-1-2-11-25-21)18-9-13-27(14-10-18)15-20-8-12-24-16-26-20/h1-7,11,16,20H,8-10,12-15H2,(H,24,26). The largest absolute Gasteiger partial charge is 0.376 e. The zero-order valence-electron chi connectivity index (χ0n) is 15.4. The van der Waals surface area contributed by atoms with Crippen molar-refractivity contribution in [1.29, 1.82) is 0 Å². The molecule has 2 aliphatic rings. The number of hydrogen-bond donors (Lipinski definition) is 1. The Balaban J connectivity index is 1.55.